The van der Waals surface area contributed by atoms with Crippen molar-refractivity contribution in [3.05, 3.63) is 102 Å². The summed E-state index contributed by atoms with van der Waals surface area (Å²) in [6, 6.07) is 11.0. The number of aromatic nitrogens is 4. The minimum atomic E-state index is -1.55. The van der Waals surface area contributed by atoms with Gasteiger partial charge in [-0.15, -0.1) is 0 Å². The van der Waals surface area contributed by atoms with Crippen LogP contribution in [0.5, 0.6) is 0 Å². The van der Waals surface area contributed by atoms with Crippen LogP contribution >= 0.6 is 0 Å². The van der Waals surface area contributed by atoms with Crippen molar-refractivity contribution in [1.29, 1.82) is 0 Å². The fourth-order valence-corrected chi connectivity index (χ4v) is 9.52. The quantitative estimate of drug-likeness (QED) is 0.0931. The molecule has 80 heavy (non-hydrogen) atoms. The number of carbonyl (C=O) groups excluding carboxylic acids is 8. The van der Waals surface area contributed by atoms with Gasteiger partial charge in [0.05, 0.1) is 24.6 Å². The van der Waals surface area contributed by atoms with Crippen molar-refractivity contribution in [3.63, 3.8) is 0 Å². The van der Waals surface area contributed by atoms with E-state index in [1.807, 2.05) is 73.7 Å². The number of cyclic esters (lactones) is 4. The molecular formula is C60H82N8O12. The van der Waals surface area contributed by atoms with E-state index in [-0.39, 0.29) is 62.2 Å². The first kappa shape index (κ1) is 63.3. The summed E-state index contributed by atoms with van der Waals surface area (Å²) in [6.45, 7) is 17.9. The maximum atomic E-state index is 15.0. The molecule has 20 nitrogen and oxygen atoms in total. The number of esters is 4. The van der Waals surface area contributed by atoms with Crippen LogP contribution in [0.1, 0.15) is 112 Å². The Morgan fingerprint density at radius 2 is 0.838 bits per heavy atom. The first-order valence-electron chi connectivity index (χ1n) is 27.5. The van der Waals surface area contributed by atoms with Crippen molar-refractivity contribution in [1.82, 2.24) is 39.3 Å². The summed E-state index contributed by atoms with van der Waals surface area (Å²) in [7, 11) is 5.55. The van der Waals surface area contributed by atoms with Gasteiger partial charge >= 0.3 is 23.9 Å². The van der Waals surface area contributed by atoms with Crippen molar-refractivity contribution in [3.8, 4) is 11.3 Å². The molecule has 5 rings (SSSR count). The second kappa shape index (κ2) is 29.1. The molecule has 2 aromatic carbocycles. The van der Waals surface area contributed by atoms with Crippen LogP contribution in [0, 0.1) is 23.7 Å². The number of carbonyl (C=O) groups is 8. The van der Waals surface area contributed by atoms with E-state index in [2.05, 4.69) is 15.1 Å². The molecular weight excluding hydrogens is 1020 g/mol. The fourth-order valence-electron chi connectivity index (χ4n) is 9.52. The molecule has 4 amide bonds. The molecule has 0 N–H and O–H groups in total. The molecule has 1 aliphatic heterocycles. The summed E-state index contributed by atoms with van der Waals surface area (Å²) in [5.74, 6) is -7.40. The second-order valence-corrected chi connectivity index (χ2v) is 22.6. The van der Waals surface area contributed by atoms with E-state index in [0.717, 1.165) is 30.7 Å². The van der Waals surface area contributed by atoms with E-state index < -0.39 is 96.1 Å². The maximum Gasteiger partial charge on any atom is 0.329 e. The predicted octanol–water partition coefficient (Wildman–Crippen LogP) is 6.37. The van der Waals surface area contributed by atoms with Gasteiger partial charge in [0.15, 0.2) is 24.4 Å². The van der Waals surface area contributed by atoms with Gasteiger partial charge in [0.2, 0.25) is 0 Å². The Bertz CT molecular complexity index is 2720. The molecule has 0 saturated carbocycles. The van der Waals surface area contributed by atoms with Crippen LogP contribution in [0.4, 0.5) is 0 Å². The van der Waals surface area contributed by atoms with Crippen molar-refractivity contribution < 1.29 is 57.3 Å². The topological polar surface area (TPSA) is 230 Å². The first-order valence-corrected chi connectivity index (χ1v) is 27.5. The largest absolute Gasteiger partial charge is 0.451 e. The number of ether oxygens (including phenoxy) is 4. The molecule has 0 aliphatic carbocycles. The smallest absolute Gasteiger partial charge is 0.329 e. The van der Waals surface area contributed by atoms with E-state index >= 15 is 4.79 Å². The normalized spacial score (nSPS) is 23.2. The molecule has 0 radical (unpaired) electrons. The maximum absolute atomic E-state index is 15.0. The molecule has 1 saturated heterocycles. The first-order chi connectivity index (χ1) is 37.7. The minimum absolute atomic E-state index is 0.0780. The van der Waals surface area contributed by atoms with Gasteiger partial charge in [0, 0.05) is 65.2 Å². The molecule has 4 aromatic rings. The van der Waals surface area contributed by atoms with Crippen molar-refractivity contribution in [2.45, 2.75) is 163 Å². The van der Waals surface area contributed by atoms with Crippen LogP contribution < -0.4 is 0 Å². The zero-order valence-electron chi connectivity index (χ0n) is 48.9. The van der Waals surface area contributed by atoms with Crippen molar-refractivity contribution in [2.24, 2.45) is 23.7 Å². The van der Waals surface area contributed by atoms with Gasteiger partial charge in [-0.1, -0.05) is 110 Å². The Balaban J connectivity index is 1.57. The highest BCUT2D eigenvalue weighted by Gasteiger charge is 2.43. The van der Waals surface area contributed by atoms with Crippen LogP contribution in [0.15, 0.2) is 85.6 Å². The van der Waals surface area contributed by atoms with Crippen molar-refractivity contribution in [2.75, 3.05) is 28.2 Å². The minimum Gasteiger partial charge on any atom is -0.451 e. The van der Waals surface area contributed by atoms with Crippen LogP contribution in [-0.2, 0) is 76.7 Å². The van der Waals surface area contributed by atoms with E-state index in [1.165, 1.54) is 42.0 Å². The van der Waals surface area contributed by atoms with Gasteiger partial charge in [-0.3, -0.25) is 33.8 Å². The molecule has 0 bridgehead atoms. The Morgan fingerprint density at radius 1 is 0.463 bits per heavy atom. The number of hydrogen-bond acceptors (Lipinski definition) is 15. The Hall–Kier alpha value is -7.51. The molecule has 8 atom stereocenters. The summed E-state index contributed by atoms with van der Waals surface area (Å²) in [4.78, 5) is 130. The molecule has 434 valence electrons. The number of likely N-dealkylation sites (N-methyl/N-ethyl adjacent to an activating group) is 4. The lowest BCUT2D eigenvalue weighted by Crippen LogP contribution is -2.55. The molecule has 1 aliphatic rings. The summed E-state index contributed by atoms with van der Waals surface area (Å²) in [5.41, 5.74) is 3.56. The summed E-state index contributed by atoms with van der Waals surface area (Å²) >= 11 is 0. The number of rotatable bonds is 15. The molecule has 0 spiro atoms. The van der Waals surface area contributed by atoms with Crippen LogP contribution in [0.2, 0.25) is 0 Å². The predicted molar refractivity (Wildman–Crippen MR) is 298 cm³/mol. The van der Waals surface area contributed by atoms with Gasteiger partial charge in [-0.25, -0.2) is 19.2 Å². The van der Waals surface area contributed by atoms with Gasteiger partial charge in [0.25, 0.3) is 23.6 Å². The molecule has 2 aromatic heterocycles. The standard InChI is InChI=1S/C60H82N8O12/c1-36(2)26-47-57(73)77-41(10)54(70)65(12)50(29-39(7)8)60(76)80-52(31-43-20-22-44(23-21-43)34-68-35-45(32-63-68)46-33-61-24-25-62-46)56(72)67(14)48(27-37(3)4)58(74)78-40(9)53(69)64(11)49(28-38(5)6)59(75)79-51(55(71)66(47)13)30-42-18-16-15-17-19-42/h15-25,32-33,35-41,47-52H,26-31,34H2,1-14H3/t40-,41-,47+,48+,49+,50+,51-,52-/m1/s1. The van der Waals surface area contributed by atoms with Crippen molar-refractivity contribution >= 4 is 47.5 Å². The summed E-state index contributed by atoms with van der Waals surface area (Å²) in [5, 5.41) is 4.48. The van der Waals surface area contributed by atoms with Crippen LogP contribution in [0.25, 0.3) is 11.3 Å². The third-order valence-corrected chi connectivity index (χ3v) is 14.0. The summed E-state index contributed by atoms with van der Waals surface area (Å²) in [6.07, 6.45) is 2.48. The van der Waals surface area contributed by atoms with Crippen LogP contribution in [-0.4, -0.2) is 164 Å². The van der Waals surface area contributed by atoms with Gasteiger partial charge in [-0.05, 0) is 79.9 Å². The van der Waals surface area contributed by atoms with E-state index in [0.29, 0.717) is 23.4 Å². The average molecular weight is 1110 g/mol. The third kappa shape index (κ3) is 17.5. The lowest BCUT2D eigenvalue weighted by atomic mass is 9.99. The molecule has 0 unspecified atom stereocenters. The SMILES string of the molecule is CC(C)C[C@H]1C(=O)O[C@H](Cc2ccc(Cn3cc(-c4cnccn4)cn3)cc2)C(=O)N(C)[C@@H](CC(C)C)C(=O)O[C@H](C)C(=O)N(C)[C@@H](CC(C)C)C(=O)O[C@H](Cc2ccccc2)C(=O)N(C)[C@@H](CC(C)C)C(=O)O[C@H](C)C(=O)N1C. The van der Waals surface area contributed by atoms with E-state index in [4.69, 9.17) is 18.9 Å². The number of benzene rings is 2. The number of amides is 4. The zero-order valence-corrected chi connectivity index (χ0v) is 48.9. The fraction of sp³-hybridized carbons (Fsp3) is 0.550. The molecule has 3 heterocycles. The number of hydrogen-bond donors (Lipinski definition) is 0. The lowest BCUT2D eigenvalue weighted by Gasteiger charge is -2.35. The van der Waals surface area contributed by atoms with E-state index in [1.54, 1.807) is 71.9 Å². The Morgan fingerprint density at radius 3 is 1.23 bits per heavy atom. The average Bonchev–Trinajstić information content (AvgIpc) is 3.89. The highest BCUT2D eigenvalue weighted by Crippen LogP contribution is 2.25. The monoisotopic (exact) mass is 1110 g/mol. The van der Waals surface area contributed by atoms with Crippen LogP contribution in [0.3, 0.4) is 0 Å². The van der Waals surface area contributed by atoms with Gasteiger partial charge in [0.1, 0.15) is 24.2 Å². The van der Waals surface area contributed by atoms with E-state index in [9.17, 15) is 33.6 Å². The Labute approximate surface area is 470 Å². The zero-order chi connectivity index (χ0) is 59.1. The number of nitrogens with zero attached hydrogens (tertiary/aromatic N) is 8. The highest BCUT2D eigenvalue weighted by atomic mass is 16.6. The highest BCUT2D eigenvalue weighted by molar-refractivity contribution is 5.94. The summed E-state index contributed by atoms with van der Waals surface area (Å²) < 4.78 is 25.8. The van der Waals surface area contributed by atoms with Gasteiger partial charge < -0.3 is 38.5 Å². The van der Waals surface area contributed by atoms with Gasteiger partial charge in [-0.2, -0.15) is 5.10 Å². The molecule has 20 heteroatoms. The molecule has 1 fully saturated rings. The second-order valence-electron chi connectivity index (χ2n) is 22.6. The Kier molecular flexibility index (Phi) is 23.0. The lowest BCUT2D eigenvalue weighted by molar-refractivity contribution is -0.176. The third-order valence-electron chi connectivity index (χ3n) is 14.0.